The summed E-state index contributed by atoms with van der Waals surface area (Å²) in [5.74, 6) is 1.07. The van der Waals surface area contributed by atoms with Crippen LogP contribution in [0.15, 0.2) is 48.5 Å². The molecule has 0 aromatic heterocycles. The highest BCUT2D eigenvalue weighted by molar-refractivity contribution is 5.94. The number of piperidine rings is 1. The van der Waals surface area contributed by atoms with Crippen molar-refractivity contribution >= 4 is 5.91 Å². The van der Waals surface area contributed by atoms with Gasteiger partial charge in [0.15, 0.2) is 0 Å². The summed E-state index contributed by atoms with van der Waals surface area (Å²) in [4.78, 5) is 17.5. The summed E-state index contributed by atoms with van der Waals surface area (Å²) < 4.78 is 24.7. The van der Waals surface area contributed by atoms with E-state index in [0.717, 1.165) is 51.1 Å². The van der Waals surface area contributed by atoms with Gasteiger partial charge in [-0.05, 0) is 68.5 Å². The smallest absolute Gasteiger partial charge is 0.253 e. The normalized spacial score (nSPS) is 22.7. The third-order valence-electron chi connectivity index (χ3n) is 6.31. The Kier molecular flexibility index (Phi) is 7.43. The lowest BCUT2D eigenvalue weighted by Gasteiger charge is -2.39. The predicted molar refractivity (Wildman–Crippen MR) is 122 cm³/mol. The number of nitrogens with zero attached hydrogens (tertiary/aromatic N) is 2. The maximum absolute atomic E-state index is 13.1. The first-order valence-corrected chi connectivity index (χ1v) is 11.6. The van der Waals surface area contributed by atoms with Crippen LogP contribution in [0.4, 0.5) is 4.39 Å². The maximum Gasteiger partial charge on any atom is 0.253 e. The summed E-state index contributed by atoms with van der Waals surface area (Å²) in [6, 6.07) is 13.6. The molecule has 2 atom stereocenters. The summed E-state index contributed by atoms with van der Waals surface area (Å²) >= 11 is 0. The molecule has 0 N–H and O–H groups in total. The summed E-state index contributed by atoms with van der Waals surface area (Å²) in [6.45, 7) is 9.28. The van der Waals surface area contributed by atoms with Gasteiger partial charge in [-0.15, -0.1) is 0 Å². The van der Waals surface area contributed by atoms with Crippen molar-refractivity contribution in [3.05, 3.63) is 65.5 Å². The van der Waals surface area contributed by atoms with E-state index in [-0.39, 0.29) is 23.9 Å². The highest BCUT2D eigenvalue weighted by Gasteiger charge is 2.28. The van der Waals surface area contributed by atoms with Crippen LogP contribution in [0.2, 0.25) is 0 Å². The first kappa shape index (κ1) is 22.7. The number of rotatable bonds is 6. The second-order valence-corrected chi connectivity index (χ2v) is 9.15. The van der Waals surface area contributed by atoms with Crippen molar-refractivity contribution in [3.8, 4) is 5.75 Å². The van der Waals surface area contributed by atoms with Gasteiger partial charge >= 0.3 is 0 Å². The number of benzene rings is 2. The van der Waals surface area contributed by atoms with Crippen LogP contribution in [0, 0.1) is 11.7 Å². The minimum atomic E-state index is -0.265. The number of amides is 1. The fourth-order valence-corrected chi connectivity index (χ4v) is 4.77. The van der Waals surface area contributed by atoms with E-state index < -0.39 is 0 Å². The van der Waals surface area contributed by atoms with E-state index in [2.05, 4.69) is 18.7 Å². The van der Waals surface area contributed by atoms with E-state index in [9.17, 15) is 9.18 Å². The zero-order valence-corrected chi connectivity index (χ0v) is 19.0. The minimum absolute atomic E-state index is 0.0595. The molecule has 2 fully saturated rings. The molecular formula is C26H33FN2O3. The van der Waals surface area contributed by atoms with Gasteiger partial charge in [-0.25, -0.2) is 4.39 Å². The molecule has 2 unspecified atom stereocenters. The molecule has 2 aromatic carbocycles. The Morgan fingerprint density at radius 1 is 1.06 bits per heavy atom. The highest BCUT2D eigenvalue weighted by atomic mass is 19.1. The number of halogens is 1. The summed E-state index contributed by atoms with van der Waals surface area (Å²) in [5.41, 5.74) is 1.53. The van der Waals surface area contributed by atoms with Crippen molar-refractivity contribution in [1.82, 2.24) is 9.80 Å². The molecule has 0 aliphatic carbocycles. The lowest BCUT2D eigenvalue weighted by atomic mass is 9.95. The molecule has 2 aliphatic heterocycles. The lowest BCUT2D eigenvalue weighted by molar-refractivity contribution is -0.0728. The number of hydrogen-bond acceptors (Lipinski definition) is 4. The van der Waals surface area contributed by atoms with E-state index in [1.165, 1.54) is 12.1 Å². The fourth-order valence-electron chi connectivity index (χ4n) is 4.77. The van der Waals surface area contributed by atoms with E-state index in [1.807, 2.05) is 23.1 Å². The van der Waals surface area contributed by atoms with Gasteiger partial charge in [0.2, 0.25) is 0 Å². The quantitative estimate of drug-likeness (QED) is 0.669. The van der Waals surface area contributed by atoms with Crippen LogP contribution in [0.3, 0.4) is 0 Å². The molecule has 172 valence electrons. The highest BCUT2D eigenvalue weighted by Crippen LogP contribution is 2.23. The third kappa shape index (κ3) is 6.08. The van der Waals surface area contributed by atoms with Crippen LogP contribution in [-0.2, 0) is 11.3 Å². The van der Waals surface area contributed by atoms with Crippen LogP contribution in [0.5, 0.6) is 5.75 Å². The van der Waals surface area contributed by atoms with Gasteiger partial charge in [-0.1, -0.05) is 18.2 Å². The van der Waals surface area contributed by atoms with Crippen LogP contribution in [0.25, 0.3) is 0 Å². The lowest BCUT2D eigenvalue weighted by Crippen LogP contribution is -2.48. The largest absolute Gasteiger partial charge is 0.489 e. The molecule has 0 bridgehead atoms. The van der Waals surface area contributed by atoms with Gasteiger partial charge in [0.25, 0.3) is 5.91 Å². The first-order valence-electron chi connectivity index (χ1n) is 11.6. The Bertz CT molecular complexity index is 886. The topological polar surface area (TPSA) is 42.0 Å². The molecule has 0 radical (unpaired) electrons. The molecule has 0 spiro atoms. The van der Waals surface area contributed by atoms with E-state index >= 15 is 0 Å². The van der Waals surface area contributed by atoms with Crippen LogP contribution in [0.1, 0.15) is 42.6 Å². The van der Waals surface area contributed by atoms with E-state index in [0.29, 0.717) is 23.8 Å². The number of carbonyl (C=O) groups is 1. The number of likely N-dealkylation sites (tertiary alicyclic amines) is 1. The van der Waals surface area contributed by atoms with Crippen molar-refractivity contribution in [2.45, 2.75) is 45.5 Å². The van der Waals surface area contributed by atoms with Gasteiger partial charge in [0.05, 0.1) is 12.2 Å². The average Bonchev–Trinajstić information content (AvgIpc) is 2.78. The molecule has 4 rings (SSSR count). The monoisotopic (exact) mass is 440 g/mol. The van der Waals surface area contributed by atoms with Crippen LogP contribution >= 0.6 is 0 Å². The predicted octanol–water partition coefficient (Wildman–Crippen LogP) is 4.37. The molecule has 5 nitrogen and oxygen atoms in total. The van der Waals surface area contributed by atoms with Gasteiger partial charge < -0.3 is 14.4 Å². The Morgan fingerprint density at radius 3 is 2.44 bits per heavy atom. The third-order valence-corrected chi connectivity index (χ3v) is 6.31. The second-order valence-electron chi connectivity index (χ2n) is 9.15. The Labute approximate surface area is 190 Å². The number of morpholine rings is 1. The van der Waals surface area contributed by atoms with Gasteiger partial charge in [-0.3, -0.25) is 9.69 Å². The zero-order valence-electron chi connectivity index (χ0n) is 19.0. The number of ether oxygens (including phenoxy) is 2. The number of hydrogen-bond donors (Lipinski definition) is 0. The number of carbonyl (C=O) groups excluding carboxylic acids is 1. The molecule has 2 aromatic rings. The molecular weight excluding hydrogens is 407 g/mol. The zero-order chi connectivity index (χ0) is 22.5. The second kappa shape index (κ2) is 10.5. The molecule has 0 saturated carbocycles. The van der Waals surface area contributed by atoms with Gasteiger partial charge in [0.1, 0.15) is 18.2 Å². The van der Waals surface area contributed by atoms with Crippen molar-refractivity contribution < 1.29 is 18.7 Å². The Hall–Kier alpha value is -2.44. The van der Waals surface area contributed by atoms with Crippen molar-refractivity contribution in [1.29, 1.82) is 0 Å². The molecule has 2 saturated heterocycles. The summed E-state index contributed by atoms with van der Waals surface area (Å²) in [5, 5.41) is 0. The summed E-state index contributed by atoms with van der Waals surface area (Å²) in [7, 11) is 0. The molecule has 2 aliphatic rings. The molecule has 1 amide bonds. The Balaban J connectivity index is 1.27. The van der Waals surface area contributed by atoms with E-state index in [4.69, 9.17) is 9.47 Å². The standard InChI is InChI=1S/C26H33FN2O3/c1-19-15-28(16-20(2)32-19)17-21-10-12-29(13-11-21)26(30)23-4-3-5-25(14-23)31-18-22-6-8-24(27)9-7-22/h3-9,14,19-21H,10-13,15-18H2,1-2H3. The fraction of sp³-hybridized carbons (Fsp3) is 0.500. The Morgan fingerprint density at radius 2 is 1.75 bits per heavy atom. The molecule has 6 heteroatoms. The van der Waals surface area contributed by atoms with Crippen LogP contribution in [-0.4, -0.2) is 60.6 Å². The molecule has 2 heterocycles. The minimum Gasteiger partial charge on any atom is -0.489 e. The average molecular weight is 441 g/mol. The van der Waals surface area contributed by atoms with E-state index in [1.54, 1.807) is 18.2 Å². The summed E-state index contributed by atoms with van der Waals surface area (Å²) in [6.07, 6.45) is 2.65. The van der Waals surface area contributed by atoms with Gasteiger partial charge in [-0.2, -0.15) is 0 Å². The van der Waals surface area contributed by atoms with Crippen molar-refractivity contribution in [2.75, 3.05) is 32.7 Å². The van der Waals surface area contributed by atoms with Gasteiger partial charge in [0, 0.05) is 38.3 Å². The maximum atomic E-state index is 13.1. The SMILES string of the molecule is CC1CN(CC2CCN(C(=O)c3cccc(OCc4ccc(F)cc4)c3)CC2)CC(C)O1. The molecule has 32 heavy (non-hydrogen) atoms. The van der Waals surface area contributed by atoms with Crippen molar-refractivity contribution in [3.63, 3.8) is 0 Å². The first-order chi connectivity index (χ1) is 15.5. The van der Waals surface area contributed by atoms with Crippen LogP contribution < -0.4 is 4.74 Å². The van der Waals surface area contributed by atoms with Crippen molar-refractivity contribution in [2.24, 2.45) is 5.92 Å².